The molecule has 31 heavy (non-hydrogen) atoms. The van der Waals surface area contributed by atoms with Gasteiger partial charge in [-0.1, -0.05) is 0 Å². The number of halogens is 3. The summed E-state index contributed by atoms with van der Waals surface area (Å²) >= 11 is 0. The summed E-state index contributed by atoms with van der Waals surface area (Å²) < 4.78 is 42.9. The number of likely N-dealkylation sites (tertiary alicyclic amines) is 1. The van der Waals surface area contributed by atoms with E-state index in [9.17, 15) is 18.0 Å². The van der Waals surface area contributed by atoms with Gasteiger partial charge in [-0.05, 0) is 31.4 Å². The number of rotatable bonds is 4. The van der Waals surface area contributed by atoms with Crippen LogP contribution < -0.4 is 10.5 Å². The van der Waals surface area contributed by atoms with Crippen molar-refractivity contribution in [2.75, 3.05) is 13.1 Å². The summed E-state index contributed by atoms with van der Waals surface area (Å²) in [4.78, 5) is 27.4. The smallest absolute Gasteiger partial charge is 0.475 e. The summed E-state index contributed by atoms with van der Waals surface area (Å²) in [5.41, 5.74) is 7.52. The molecule has 1 saturated heterocycles. The molecule has 0 aromatic carbocycles. The number of carbonyl (C=O) groups is 2. The highest BCUT2D eigenvalue weighted by Gasteiger charge is 2.38. The van der Waals surface area contributed by atoms with E-state index in [4.69, 9.17) is 24.8 Å². The number of nitrogens with two attached hydrogens (primary N) is 1. The molecule has 3 rings (SSSR count). The van der Waals surface area contributed by atoms with Crippen molar-refractivity contribution in [3.05, 3.63) is 35.2 Å². The van der Waals surface area contributed by atoms with Crippen LogP contribution >= 0.6 is 0 Å². The lowest BCUT2D eigenvalue weighted by atomic mass is 10.1. The second-order valence-electron chi connectivity index (χ2n) is 6.72. The van der Waals surface area contributed by atoms with Crippen LogP contribution in [0.2, 0.25) is 0 Å². The van der Waals surface area contributed by atoms with E-state index in [2.05, 4.69) is 15.2 Å². The predicted molar refractivity (Wildman–Crippen MR) is 99.1 cm³/mol. The number of carboxylic acid groups (broad SMARTS) is 1. The molecule has 1 amide bonds. The molecule has 10 nitrogen and oxygen atoms in total. The molecule has 0 bridgehead atoms. The lowest BCUT2D eigenvalue weighted by Gasteiger charge is -2.31. The van der Waals surface area contributed by atoms with Crippen LogP contribution in [0.1, 0.15) is 40.7 Å². The second kappa shape index (κ2) is 10.2. The Labute approximate surface area is 175 Å². The van der Waals surface area contributed by atoms with Crippen molar-refractivity contribution in [3.8, 4) is 5.88 Å². The standard InChI is InChI=1S/C16H21N5O3.C2HF3O2/c1-10-6-12(8-17)7-14(18-10)24-13-4-3-5-21(9-13)16(22)15-20-19-11(2)23-15;3-2(4,5)1(6)7/h6-7,13H,3-5,8-9,17H2,1-2H3;(H,6,7)/t13-;/m0./s1. The molecule has 170 valence electrons. The molecular formula is C18H22F3N5O5. The number of pyridine rings is 1. The fourth-order valence-electron chi connectivity index (χ4n) is 2.79. The van der Waals surface area contributed by atoms with Crippen molar-refractivity contribution in [1.82, 2.24) is 20.1 Å². The van der Waals surface area contributed by atoms with Crippen molar-refractivity contribution >= 4 is 11.9 Å². The van der Waals surface area contributed by atoms with Gasteiger partial charge < -0.3 is 24.9 Å². The number of hydrogen-bond acceptors (Lipinski definition) is 8. The van der Waals surface area contributed by atoms with Gasteiger partial charge in [-0.2, -0.15) is 13.2 Å². The number of aryl methyl sites for hydroxylation is 2. The minimum absolute atomic E-state index is 0.0206. The van der Waals surface area contributed by atoms with Crippen molar-refractivity contribution in [2.24, 2.45) is 5.73 Å². The normalized spacial score (nSPS) is 16.3. The van der Waals surface area contributed by atoms with Crippen LogP contribution in [0, 0.1) is 13.8 Å². The zero-order valence-electron chi connectivity index (χ0n) is 16.8. The highest BCUT2D eigenvalue weighted by Crippen LogP contribution is 2.20. The summed E-state index contributed by atoms with van der Waals surface area (Å²) in [6.45, 7) is 5.11. The molecule has 1 fully saturated rings. The van der Waals surface area contributed by atoms with Gasteiger partial charge in [0.25, 0.3) is 0 Å². The first-order valence-electron chi connectivity index (χ1n) is 9.23. The lowest BCUT2D eigenvalue weighted by molar-refractivity contribution is -0.192. The van der Waals surface area contributed by atoms with Gasteiger partial charge in [0.05, 0.1) is 6.54 Å². The van der Waals surface area contributed by atoms with Gasteiger partial charge in [0.15, 0.2) is 0 Å². The molecule has 13 heteroatoms. The zero-order valence-corrected chi connectivity index (χ0v) is 16.8. The molecule has 3 N–H and O–H groups in total. The lowest BCUT2D eigenvalue weighted by Crippen LogP contribution is -2.44. The third kappa shape index (κ3) is 7.20. The highest BCUT2D eigenvalue weighted by molar-refractivity contribution is 5.89. The average Bonchev–Trinajstić information content (AvgIpc) is 3.13. The highest BCUT2D eigenvalue weighted by atomic mass is 19.4. The molecule has 2 aromatic heterocycles. The van der Waals surface area contributed by atoms with E-state index >= 15 is 0 Å². The minimum Gasteiger partial charge on any atom is -0.475 e. The fourth-order valence-corrected chi connectivity index (χ4v) is 2.79. The average molecular weight is 445 g/mol. The maximum absolute atomic E-state index is 12.4. The van der Waals surface area contributed by atoms with Crippen LogP contribution in [0.5, 0.6) is 5.88 Å². The molecule has 0 radical (unpaired) electrons. The molecule has 0 spiro atoms. The zero-order chi connectivity index (χ0) is 23.2. The van der Waals surface area contributed by atoms with E-state index in [1.807, 2.05) is 19.1 Å². The third-order valence-electron chi connectivity index (χ3n) is 4.13. The molecule has 0 saturated carbocycles. The fraction of sp³-hybridized carbons (Fsp3) is 0.500. The number of hydrogen-bond donors (Lipinski definition) is 2. The largest absolute Gasteiger partial charge is 0.490 e. The van der Waals surface area contributed by atoms with Crippen LogP contribution in [0.15, 0.2) is 16.5 Å². The Kier molecular flexibility index (Phi) is 7.91. The molecular weight excluding hydrogens is 423 g/mol. The van der Waals surface area contributed by atoms with Gasteiger partial charge in [-0.15, -0.1) is 10.2 Å². The number of ether oxygens (including phenoxy) is 1. The Morgan fingerprint density at radius 1 is 1.32 bits per heavy atom. The van der Waals surface area contributed by atoms with Crippen LogP contribution in [0.3, 0.4) is 0 Å². The van der Waals surface area contributed by atoms with Gasteiger partial charge in [-0.25, -0.2) is 9.78 Å². The molecule has 1 aliphatic heterocycles. The van der Waals surface area contributed by atoms with Gasteiger partial charge in [0.2, 0.25) is 11.8 Å². The van der Waals surface area contributed by atoms with Gasteiger partial charge >= 0.3 is 23.9 Å². The topological polar surface area (TPSA) is 145 Å². The SMILES string of the molecule is Cc1cc(CN)cc(O[C@H]2CCCN(C(=O)c3nnc(C)o3)C2)n1.O=C(O)C(F)(F)F. The number of aromatic nitrogens is 3. The number of carboxylic acids is 1. The van der Waals surface area contributed by atoms with E-state index in [1.54, 1.807) is 11.8 Å². The van der Waals surface area contributed by atoms with Crippen molar-refractivity contribution in [2.45, 2.75) is 45.5 Å². The maximum atomic E-state index is 12.4. The Morgan fingerprint density at radius 2 is 2.00 bits per heavy atom. The van der Waals surface area contributed by atoms with E-state index < -0.39 is 12.1 Å². The second-order valence-corrected chi connectivity index (χ2v) is 6.72. The first-order valence-corrected chi connectivity index (χ1v) is 9.23. The number of carbonyl (C=O) groups excluding carboxylic acids is 1. The predicted octanol–water partition coefficient (Wildman–Crippen LogP) is 1.86. The van der Waals surface area contributed by atoms with Gasteiger partial charge in [0.1, 0.15) is 6.10 Å². The molecule has 1 aliphatic rings. The van der Waals surface area contributed by atoms with E-state index in [-0.39, 0.29) is 17.9 Å². The van der Waals surface area contributed by atoms with E-state index in [0.29, 0.717) is 31.4 Å². The Morgan fingerprint density at radius 3 is 2.55 bits per heavy atom. The van der Waals surface area contributed by atoms with Gasteiger partial charge in [-0.3, -0.25) is 4.79 Å². The summed E-state index contributed by atoms with van der Waals surface area (Å²) in [5.74, 6) is -2.08. The molecule has 3 heterocycles. The Balaban J connectivity index is 0.000000423. The molecule has 1 atom stereocenters. The van der Waals surface area contributed by atoms with Crippen LogP contribution in [0.4, 0.5) is 13.2 Å². The number of alkyl halides is 3. The summed E-state index contributed by atoms with van der Waals surface area (Å²) in [6.07, 6.45) is -3.49. The summed E-state index contributed by atoms with van der Waals surface area (Å²) in [6, 6.07) is 3.77. The number of aliphatic carboxylic acids is 1. The van der Waals surface area contributed by atoms with Crippen molar-refractivity contribution < 1.29 is 37.0 Å². The minimum atomic E-state index is -5.08. The Bertz CT molecular complexity index is 918. The van der Waals surface area contributed by atoms with Crippen LogP contribution in [-0.2, 0) is 11.3 Å². The van der Waals surface area contributed by atoms with Gasteiger partial charge in [0, 0.05) is 31.8 Å². The monoisotopic (exact) mass is 445 g/mol. The quantitative estimate of drug-likeness (QED) is 0.720. The van der Waals surface area contributed by atoms with Crippen LogP contribution in [0.25, 0.3) is 0 Å². The molecule has 2 aromatic rings. The van der Waals surface area contributed by atoms with E-state index in [1.165, 1.54) is 0 Å². The Hall–Kier alpha value is -3.22. The van der Waals surface area contributed by atoms with Crippen LogP contribution in [-0.4, -0.2) is 62.4 Å². The summed E-state index contributed by atoms with van der Waals surface area (Å²) in [5, 5.41) is 14.6. The third-order valence-corrected chi connectivity index (χ3v) is 4.13. The van der Waals surface area contributed by atoms with Crippen molar-refractivity contribution in [3.63, 3.8) is 0 Å². The number of nitrogens with zero attached hydrogens (tertiary/aromatic N) is 4. The summed E-state index contributed by atoms with van der Waals surface area (Å²) in [7, 11) is 0. The van der Waals surface area contributed by atoms with E-state index in [0.717, 1.165) is 24.1 Å². The van der Waals surface area contributed by atoms with Crippen molar-refractivity contribution in [1.29, 1.82) is 0 Å². The first kappa shape index (κ1) is 24.1. The number of amides is 1. The first-order chi connectivity index (χ1) is 14.5. The maximum Gasteiger partial charge on any atom is 0.490 e. The molecule has 0 unspecified atom stereocenters. The number of piperidine rings is 1. The molecule has 0 aliphatic carbocycles.